The number of nitrogens with one attached hydrogen (secondary N) is 1. The van der Waals surface area contributed by atoms with Crippen LogP contribution in [0.15, 0.2) is 92.0 Å². The van der Waals surface area contributed by atoms with Crippen LogP contribution in [-0.4, -0.2) is 61.5 Å². The van der Waals surface area contributed by atoms with Crippen LogP contribution < -0.4 is 10.2 Å². The maximum absolute atomic E-state index is 14.2. The monoisotopic (exact) mass is 701 g/mol. The van der Waals surface area contributed by atoms with Crippen LogP contribution in [0.1, 0.15) is 67.3 Å². The number of benzene rings is 2. The molecule has 0 bridgehead atoms. The minimum Gasteiger partial charge on any atom is -0.460 e. The molecule has 6 rings (SSSR count). The Morgan fingerprint density at radius 3 is 2.58 bits per heavy atom. The Labute approximate surface area is 302 Å². The lowest BCUT2D eigenvalue weighted by atomic mass is 9.82. The molecule has 0 unspecified atom stereocenters. The summed E-state index contributed by atoms with van der Waals surface area (Å²) < 4.78 is 13.0. The van der Waals surface area contributed by atoms with Crippen LogP contribution in [0.5, 0.6) is 0 Å². The summed E-state index contributed by atoms with van der Waals surface area (Å²) in [6.07, 6.45) is 8.00. The number of carbonyl (C=O) groups is 3. The molecule has 0 saturated carbocycles. The van der Waals surface area contributed by atoms with Crippen LogP contribution in [0.2, 0.25) is 0 Å². The highest BCUT2D eigenvalue weighted by molar-refractivity contribution is 6.06. The fraction of sp³-hybridized carbons (Fsp3) is 0.325. The smallest absolute Gasteiger partial charge is 0.412 e. The lowest BCUT2D eigenvalue weighted by molar-refractivity contribution is -0.156. The van der Waals surface area contributed by atoms with Crippen molar-refractivity contribution >= 4 is 46.2 Å². The first-order valence-corrected chi connectivity index (χ1v) is 17.3. The zero-order chi connectivity index (χ0) is 36.8. The highest BCUT2D eigenvalue weighted by Gasteiger charge is 2.39. The summed E-state index contributed by atoms with van der Waals surface area (Å²) in [7, 11) is 0. The third-order valence-electron chi connectivity index (χ3n) is 8.99. The Balaban J connectivity index is 1.28. The van der Waals surface area contributed by atoms with Gasteiger partial charge >= 0.3 is 12.1 Å². The van der Waals surface area contributed by atoms with Crippen LogP contribution in [0.4, 0.5) is 16.2 Å². The van der Waals surface area contributed by atoms with Gasteiger partial charge in [-0.05, 0) is 56.0 Å². The summed E-state index contributed by atoms with van der Waals surface area (Å²) in [6, 6.07) is 18.5. The van der Waals surface area contributed by atoms with Crippen molar-refractivity contribution in [1.29, 1.82) is 0 Å². The molecule has 0 radical (unpaired) electrons. The molecule has 268 valence electrons. The van der Waals surface area contributed by atoms with E-state index in [1.807, 2.05) is 86.2 Å². The van der Waals surface area contributed by atoms with Gasteiger partial charge in [0.05, 0.1) is 29.9 Å². The van der Waals surface area contributed by atoms with E-state index in [2.05, 4.69) is 39.0 Å². The Kier molecular flexibility index (Phi) is 10.7. The average molecular weight is 702 g/mol. The predicted molar refractivity (Wildman–Crippen MR) is 199 cm³/mol. The molecule has 1 amide bonds. The topological polar surface area (TPSA) is 141 Å². The summed E-state index contributed by atoms with van der Waals surface area (Å²) in [5.74, 6) is -0.685. The van der Waals surface area contributed by atoms with E-state index < -0.39 is 11.7 Å². The molecule has 5 aromatic rings. The first kappa shape index (κ1) is 35.9. The quantitative estimate of drug-likeness (QED) is 0.112. The van der Waals surface area contributed by atoms with Gasteiger partial charge in [-0.2, -0.15) is 0 Å². The fourth-order valence-corrected chi connectivity index (χ4v) is 6.83. The highest BCUT2D eigenvalue weighted by Crippen LogP contribution is 2.38. The number of esters is 1. The van der Waals surface area contributed by atoms with Gasteiger partial charge in [-0.1, -0.05) is 67.3 Å². The van der Waals surface area contributed by atoms with E-state index in [-0.39, 0.29) is 60.5 Å². The number of carbonyl (C=O) groups excluding carboxylic acids is 3. The Hall–Kier alpha value is -5.91. The number of pyridine rings is 2. The molecule has 52 heavy (non-hydrogen) atoms. The van der Waals surface area contributed by atoms with Crippen LogP contribution in [0.25, 0.3) is 17.0 Å². The molecule has 4 heterocycles. The first-order valence-electron chi connectivity index (χ1n) is 17.3. The zero-order valence-corrected chi connectivity index (χ0v) is 29.9. The maximum atomic E-state index is 14.2. The molecule has 3 atom stereocenters. The molecule has 1 fully saturated rings. The SMILES string of the molecule is C=Cc1ccc2cc(NC(=O)OCc3ccccc3)c(C(=O)Cc3cnccc3N3C[C@@H](CC(=O)OC(C)(C)C)[C@@H](n4ccnn4)[C@@H](C)C3)nc2c1. The number of hydrogen-bond acceptors (Lipinski definition) is 10. The fourth-order valence-electron chi connectivity index (χ4n) is 6.83. The standard InChI is InChI=1S/C40H43N7O5/c1-6-27-12-13-29-19-33(44-39(50)51-25-28-10-8-7-9-11-28)37(43-32(29)18-27)35(48)20-30-22-41-15-14-34(30)46-23-26(2)38(47-17-16-42-45-47)31(24-46)21-36(49)52-40(3,4)5/h6-19,22,26,31,38H,1,20-21,23-25H2,2-5H3,(H,44,50)/t26-,31+,38-/m0/s1. The van der Waals surface area contributed by atoms with Crippen molar-refractivity contribution < 1.29 is 23.9 Å². The molecule has 12 nitrogen and oxygen atoms in total. The third kappa shape index (κ3) is 8.68. The zero-order valence-electron chi connectivity index (χ0n) is 29.9. The molecule has 1 N–H and O–H groups in total. The van der Waals surface area contributed by atoms with Gasteiger partial charge < -0.3 is 14.4 Å². The van der Waals surface area contributed by atoms with E-state index in [0.29, 0.717) is 24.2 Å². The van der Waals surface area contributed by atoms with Crippen molar-refractivity contribution in [2.24, 2.45) is 11.8 Å². The molecule has 0 aliphatic carbocycles. The first-order chi connectivity index (χ1) is 25.0. The lowest BCUT2D eigenvalue weighted by Gasteiger charge is -2.44. The van der Waals surface area contributed by atoms with E-state index in [0.717, 1.165) is 22.2 Å². The Morgan fingerprint density at radius 1 is 1.04 bits per heavy atom. The number of fused-ring (bicyclic) bond motifs is 1. The number of anilines is 2. The average Bonchev–Trinajstić information content (AvgIpc) is 3.64. The second-order valence-corrected chi connectivity index (χ2v) is 14.1. The molecule has 3 aromatic heterocycles. The third-order valence-corrected chi connectivity index (χ3v) is 8.99. The van der Waals surface area contributed by atoms with Crippen molar-refractivity contribution in [2.45, 2.75) is 58.8 Å². The van der Waals surface area contributed by atoms with E-state index in [1.54, 1.807) is 30.7 Å². The van der Waals surface area contributed by atoms with E-state index in [9.17, 15) is 14.4 Å². The second-order valence-electron chi connectivity index (χ2n) is 14.1. The second kappa shape index (κ2) is 15.5. The van der Waals surface area contributed by atoms with Crippen LogP contribution in [0.3, 0.4) is 0 Å². The molecule has 1 aliphatic heterocycles. The summed E-state index contributed by atoms with van der Waals surface area (Å²) in [4.78, 5) is 51.7. The molecule has 0 spiro atoms. The Bertz CT molecular complexity index is 2060. The molecule has 1 aliphatic rings. The minimum absolute atomic E-state index is 0.0370. The largest absolute Gasteiger partial charge is 0.460 e. The summed E-state index contributed by atoms with van der Waals surface area (Å²) in [5.41, 5.74) is 3.51. The Morgan fingerprint density at radius 2 is 1.85 bits per heavy atom. The van der Waals surface area contributed by atoms with Gasteiger partial charge in [0, 0.05) is 60.7 Å². The van der Waals surface area contributed by atoms with Gasteiger partial charge in [0.25, 0.3) is 0 Å². The van der Waals surface area contributed by atoms with Crippen LogP contribution in [-0.2, 0) is 27.3 Å². The van der Waals surface area contributed by atoms with Gasteiger partial charge in [0.1, 0.15) is 17.9 Å². The number of rotatable bonds is 11. The van der Waals surface area contributed by atoms with Crippen molar-refractivity contribution in [2.75, 3.05) is 23.3 Å². The number of nitrogens with zero attached hydrogens (tertiary/aromatic N) is 6. The summed E-state index contributed by atoms with van der Waals surface area (Å²) >= 11 is 0. The number of piperidine rings is 1. The van der Waals surface area contributed by atoms with Crippen molar-refractivity contribution in [3.8, 4) is 0 Å². The molecule has 12 heteroatoms. The van der Waals surface area contributed by atoms with Crippen molar-refractivity contribution in [1.82, 2.24) is 25.0 Å². The molecule has 1 saturated heterocycles. The van der Waals surface area contributed by atoms with Gasteiger partial charge in [-0.25, -0.2) is 14.5 Å². The number of aromatic nitrogens is 5. The maximum Gasteiger partial charge on any atom is 0.412 e. The lowest BCUT2D eigenvalue weighted by Crippen LogP contribution is -2.48. The summed E-state index contributed by atoms with van der Waals surface area (Å²) in [6.45, 7) is 12.8. The molecular formula is C40H43N7O5. The van der Waals surface area contributed by atoms with Crippen LogP contribution >= 0.6 is 0 Å². The van der Waals surface area contributed by atoms with E-state index in [1.165, 1.54) is 0 Å². The van der Waals surface area contributed by atoms with Gasteiger partial charge in [-0.15, -0.1) is 5.10 Å². The van der Waals surface area contributed by atoms with Crippen LogP contribution in [0, 0.1) is 11.8 Å². The van der Waals surface area contributed by atoms with Gasteiger partial charge in [-0.3, -0.25) is 19.9 Å². The van der Waals surface area contributed by atoms with E-state index >= 15 is 0 Å². The van der Waals surface area contributed by atoms with Crippen molar-refractivity contribution in [3.05, 3.63) is 114 Å². The number of Topliss-reactive ketones (excluding diaryl/α,β-unsaturated/α-hetero) is 1. The van der Waals surface area contributed by atoms with Crippen molar-refractivity contribution in [3.63, 3.8) is 0 Å². The normalized spacial score (nSPS) is 17.4. The molecular weight excluding hydrogens is 658 g/mol. The number of amides is 1. The summed E-state index contributed by atoms with van der Waals surface area (Å²) in [5, 5.41) is 11.8. The van der Waals surface area contributed by atoms with E-state index in [4.69, 9.17) is 14.5 Å². The highest BCUT2D eigenvalue weighted by atomic mass is 16.6. The van der Waals surface area contributed by atoms with Gasteiger partial charge in [0.15, 0.2) is 5.78 Å². The minimum atomic E-state index is -0.705. The number of ether oxygens (including phenoxy) is 2. The molecule has 2 aromatic carbocycles. The predicted octanol–water partition coefficient (Wildman–Crippen LogP) is 7.08. The number of hydrogen-bond donors (Lipinski definition) is 1. The number of ketones is 1. The van der Waals surface area contributed by atoms with Gasteiger partial charge in [0.2, 0.25) is 0 Å².